The summed E-state index contributed by atoms with van der Waals surface area (Å²) in [6.45, 7) is 2.67. The zero-order chi connectivity index (χ0) is 17.5. The molecule has 0 aromatic heterocycles. The number of methoxy groups -OCH3 is 1. The summed E-state index contributed by atoms with van der Waals surface area (Å²) in [5.41, 5.74) is 1.05. The summed E-state index contributed by atoms with van der Waals surface area (Å²) in [6, 6.07) is 5.91. The normalized spacial score (nSPS) is 19.8. The largest absolute Gasteiger partial charge is 0.493 e. The van der Waals surface area contributed by atoms with Crippen LogP contribution in [-0.2, 0) is 11.3 Å². The molecule has 0 radical (unpaired) electrons. The fourth-order valence-corrected chi connectivity index (χ4v) is 3.69. The first-order valence-electron chi connectivity index (χ1n) is 9.55. The summed E-state index contributed by atoms with van der Waals surface area (Å²) >= 11 is 0. The first kappa shape index (κ1) is 20.8. The maximum absolute atomic E-state index is 12.1. The number of halogens is 1. The molecule has 1 amide bonds. The second kappa shape index (κ2) is 10.6. The first-order chi connectivity index (χ1) is 12.2. The number of benzene rings is 1. The van der Waals surface area contributed by atoms with Crippen LogP contribution in [0.4, 0.5) is 0 Å². The van der Waals surface area contributed by atoms with Gasteiger partial charge >= 0.3 is 0 Å². The number of hydrogen-bond donors (Lipinski definition) is 2. The molecule has 6 heteroatoms. The lowest BCUT2D eigenvalue weighted by molar-refractivity contribution is -0.121. The number of amides is 1. The van der Waals surface area contributed by atoms with E-state index in [4.69, 9.17) is 9.47 Å². The quantitative estimate of drug-likeness (QED) is 0.723. The van der Waals surface area contributed by atoms with Gasteiger partial charge in [-0.3, -0.25) is 4.79 Å². The van der Waals surface area contributed by atoms with Gasteiger partial charge in [0.05, 0.1) is 13.2 Å². The molecule has 0 bridgehead atoms. The minimum atomic E-state index is 0. The Morgan fingerprint density at radius 3 is 2.73 bits per heavy atom. The Bertz CT molecular complexity index is 570. The molecule has 1 unspecified atom stereocenters. The first-order valence-corrected chi connectivity index (χ1v) is 9.55. The molecule has 1 aliphatic heterocycles. The van der Waals surface area contributed by atoms with E-state index in [0.717, 1.165) is 49.4 Å². The number of carbonyl (C=O) groups is 1. The lowest BCUT2D eigenvalue weighted by Crippen LogP contribution is -2.23. The van der Waals surface area contributed by atoms with Gasteiger partial charge in [-0.15, -0.1) is 12.4 Å². The summed E-state index contributed by atoms with van der Waals surface area (Å²) in [4.78, 5) is 12.1. The lowest BCUT2D eigenvalue weighted by atomic mass is 10.0. The molecule has 5 nitrogen and oxygen atoms in total. The van der Waals surface area contributed by atoms with Crippen LogP contribution in [0.2, 0.25) is 0 Å². The molecule has 0 spiro atoms. The fraction of sp³-hybridized carbons (Fsp3) is 0.650. The highest BCUT2D eigenvalue weighted by Crippen LogP contribution is 2.32. The van der Waals surface area contributed by atoms with Crippen LogP contribution in [0.1, 0.15) is 50.5 Å². The number of carbonyl (C=O) groups excluding carboxylic acids is 1. The number of rotatable bonds is 8. The van der Waals surface area contributed by atoms with Gasteiger partial charge in [-0.1, -0.05) is 6.07 Å². The van der Waals surface area contributed by atoms with Crippen molar-refractivity contribution >= 4 is 18.3 Å². The van der Waals surface area contributed by atoms with E-state index >= 15 is 0 Å². The monoisotopic (exact) mass is 382 g/mol. The predicted octanol–water partition coefficient (Wildman–Crippen LogP) is 3.44. The molecule has 1 atom stereocenters. The molecule has 3 rings (SSSR count). The number of hydrogen-bond acceptors (Lipinski definition) is 4. The van der Waals surface area contributed by atoms with E-state index < -0.39 is 0 Å². The van der Waals surface area contributed by atoms with Crippen molar-refractivity contribution in [2.75, 3.05) is 20.2 Å². The van der Waals surface area contributed by atoms with Gasteiger partial charge in [0.25, 0.3) is 0 Å². The Labute approximate surface area is 162 Å². The molecule has 2 aliphatic rings. The third-order valence-electron chi connectivity index (χ3n) is 5.26. The molecule has 2 fully saturated rings. The average Bonchev–Trinajstić information content (AvgIpc) is 3.32. The maximum Gasteiger partial charge on any atom is 0.220 e. The Morgan fingerprint density at radius 2 is 2.04 bits per heavy atom. The molecule has 1 saturated carbocycles. The minimum absolute atomic E-state index is 0. The molecule has 26 heavy (non-hydrogen) atoms. The summed E-state index contributed by atoms with van der Waals surface area (Å²) in [5.74, 6) is 2.33. The van der Waals surface area contributed by atoms with Crippen molar-refractivity contribution in [3.8, 4) is 11.5 Å². The highest BCUT2D eigenvalue weighted by molar-refractivity contribution is 5.85. The highest BCUT2D eigenvalue weighted by Gasteiger charge is 2.19. The third-order valence-corrected chi connectivity index (χ3v) is 5.26. The van der Waals surface area contributed by atoms with E-state index in [2.05, 4.69) is 10.6 Å². The van der Waals surface area contributed by atoms with Crippen molar-refractivity contribution in [3.63, 3.8) is 0 Å². The van der Waals surface area contributed by atoms with Crippen LogP contribution in [0.25, 0.3) is 0 Å². The van der Waals surface area contributed by atoms with Crippen molar-refractivity contribution in [3.05, 3.63) is 23.8 Å². The topological polar surface area (TPSA) is 59.6 Å². The van der Waals surface area contributed by atoms with Gasteiger partial charge in [-0.25, -0.2) is 0 Å². The van der Waals surface area contributed by atoms with Crippen LogP contribution in [0, 0.1) is 5.92 Å². The van der Waals surface area contributed by atoms with Crippen molar-refractivity contribution in [2.24, 2.45) is 5.92 Å². The van der Waals surface area contributed by atoms with E-state index in [0.29, 0.717) is 25.0 Å². The molecule has 1 aromatic carbocycles. The summed E-state index contributed by atoms with van der Waals surface area (Å²) in [6.07, 6.45) is 7.75. The van der Waals surface area contributed by atoms with Crippen LogP contribution < -0.4 is 20.1 Å². The van der Waals surface area contributed by atoms with Crippen molar-refractivity contribution in [2.45, 2.75) is 57.6 Å². The van der Waals surface area contributed by atoms with Gasteiger partial charge in [-0.05, 0) is 75.2 Å². The molecule has 1 aromatic rings. The molecular weight excluding hydrogens is 352 g/mol. The zero-order valence-corrected chi connectivity index (χ0v) is 16.4. The molecule has 1 heterocycles. The van der Waals surface area contributed by atoms with Crippen LogP contribution in [0.15, 0.2) is 18.2 Å². The maximum atomic E-state index is 12.1. The van der Waals surface area contributed by atoms with Crippen LogP contribution in [0.5, 0.6) is 11.5 Å². The summed E-state index contributed by atoms with van der Waals surface area (Å²) < 4.78 is 11.5. The standard InChI is InChI=1S/C20H30N2O3.ClH/c1-24-18-8-6-16(12-19(18)25-17-4-2-3-5-17)14-22-20(23)9-7-15-10-11-21-13-15;/h6,8,12,15,17,21H,2-5,7,9-11,13-14H2,1H3,(H,22,23);1H. The van der Waals surface area contributed by atoms with E-state index in [9.17, 15) is 4.79 Å². The average molecular weight is 383 g/mol. The molecular formula is C20H31ClN2O3. The van der Waals surface area contributed by atoms with Crippen molar-refractivity contribution in [1.29, 1.82) is 0 Å². The second-order valence-corrected chi connectivity index (χ2v) is 7.18. The summed E-state index contributed by atoms with van der Waals surface area (Å²) in [5, 5.41) is 6.37. The smallest absolute Gasteiger partial charge is 0.220 e. The van der Waals surface area contributed by atoms with Gasteiger partial charge < -0.3 is 20.1 Å². The van der Waals surface area contributed by atoms with E-state index in [1.807, 2.05) is 18.2 Å². The van der Waals surface area contributed by atoms with E-state index in [1.165, 1.54) is 19.3 Å². The zero-order valence-electron chi connectivity index (χ0n) is 15.6. The van der Waals surface area contributed by atoms with Gasteiger partial charge in [0.15, 0.2) is 11.5 Å². The van der Waals surface area contributed by atoms with Gasteiger partial charge in [0.2, 0.25) is 5.91 Å². The summed E-state index contributed by atoms with van der Waals surface area (Å²) in [7, 11) is 1.66. The van der Waals surface area contributed by atoms with E-state index in [1.54, 1.807) is 7.11 Å². The minimum Gasteiger partial charge on any atom is -0.493 e. The highest BCUT2D eigenvalue weighted by atomic mass is 35.5. The number of nitrogens with one attached hydrogen (secondary N) is 2. The molecule has 2 N–H and O–H groups in total. The van der Waals surface area contributed by atoms with E-state index in [-0.39, 0.29) is 18.3 Å². The van der Waals surface area contributed by atoms with Gasteiger partial charge in [0, 0.05) is 13.0 Å². The predicted molar refractivity (Wildman–Crippen MR) is 105 cm³/mol. The third kappa shape index (κ3) is 6.06. The van der Waals surface area contributed by atoms with Crippen molar-refractivity contribution in [1.82, 2.24) is 10.6 Å². The van der Waals surface area contributed by atoms with Crippen LogP contribution in [0.3, 0.4) is 0 Å². The molecule has 1 saturated heterocycles. The fourth-order valence-electron chi connectivity index (χ4n) is 3.69. The Hall–Kier alpha value is -1.46. The number of ether oxygens (including phenoxy) is 2. The van der Waals surface area contributed by atoms with Crippen molar-refractivity contribution < 1.29 is 14.3 Å². The Balaban J connectivity index is 0.00000243. The Morgan fingerprint density at radius 1 is 1.23 bits per heavy atom. The molecule has 1 aliphatic carbocycles. The van der Waals surface area contributed by atoms with Gasteiger partial charge in [-0.2, -0.15) is 0 Å². The van der Waals surface area contributed by atoms with Crippen LogP contribution in [-0.4, -0.2) is 32.2 Å². The Kier molecular flexibility index (Phi) is 8.52. The SMILES string of the molecule is COc1ccc(CNC(=O)CCC2CCNC2)cc1OC1CCCC1.Cl. The molecule has 146 valence electrons. The second-order valence-electron chi connectivity index (χ2n) is 7.18. The lowest BCUT2D eigenvalue weighted by Gasteiger charge is -2.17. The van der Waals surface area contributed by atoms with Crippen LogP contribution >= 0.6 is 12.4 Å². The van der Waals surface area contributed by atoms with Gasteiger partial charge in [0.1, 0.15) is 0 Å².